The van der Waals surface area contributed by atoms with Crippen LogP contribution in [0.4, 0.5) is 0 Å². The molecule has 0 aliphatic carbocycles. The predicted molar refractivity (Wildman–Crippen MR) is 90.0 cm³/mol. The fourth-order valence-corrected chi connectivity index (χ4v) is 2.74. The highest BCUT2D eigenvalue weighted by Gasteiger charge is 2.28. The first-order chi connectivity index (χ1) is 11.4. The molecular weight excluding hydrogens is 290 g/mol. The molecule has 0 radical (unpaired) electrons. The second-order valence-electron chi connectivity index (χ2n) is 5.44. The maximum absolute atomic E-state index is 6.33. The third kappa shape index (κ3) is 4.03. The van der Waals surface area contributed by atoms with Crippen molar-refractivity contribution in [3.05, 3.63) is 60.2 Å². The number of nitrogens with one attached hydrogen (secondary N) is 1. The van der Waals surface area contributed by atoms with Gasteiger partial charge in [0.05, 0.1) is 13.2 Å². The molecule has 1 aliphatic rings. The molecule has 1 saturated heterocycles. The van der Waals surface area contributed by atoms with Crippen LogP contribution < -0.4 is 14.8 Å². The summed E-state index contributed by atoms with van der Waals surface area (Å²) in [5.74, 6) is 1.51. The average Bonchev–Trinajstić information content (AvgIpc) is 2.63. The lowest BCUT2D eigenvalue weighted by Crippen LogP contribution is -2.43. The van der Waals surface area contributed by atoms with Crippen LogP contribution in [0.2, 0.25) is 0 Å². The van der Waals surface area contributed by atoms with Crippen molar-refractivity contribution in [2.24, 2.45) is 0 Å². The number of benzene rings is 2. The molecule has 2 aromatic rings. The Morgan fingerprint density at radius 3 is 2.52 bits per heavy atom. The zero-order chi connectivity index (χ0) is 15.9. The normalized spacial score (nSPS) is 19.1. The van der Waals surface area contributed by atoms with Crippen molar-refractivity contribution in [3.8, 4) is 11.5 Å². The summed E-state index contributed by atoms with van der Waals surface area (Å²) < 4.78 is 18.0. The summed E-state index contributed by atoms with van der Waals surface area (Å²) in [5, 5.41) is 3.37. The number of ether oxygens (including phenoxy) is 3. The summed E-state index contributed by atoms with van der Waals surface area (Å²) in [6.45, 7) is 4.94. The van der Waals surface area contributed by atoms with E-state index in [0.29, 0.717) is 13.2 Å². The van der Waals surface area contributed by atoms with E-state index in [9.17, 15) is 0 Å². The molecule has 0 amide bonds. The van der Waals surface area contributed by atoms with E-state index in [0.717, 1.165) is 30.2 Å². The molecule has 1 aliphatic heterocycles. The van der Waals surface area contributed by atoms with E-state index in [-0.39, 0.29) is 12.2 Å². The van der Waals surface area contributed by atoms with E-state index in [4.69, 9.17) is 14.2 Å². The van der Waals surface area contributed by atoms with Gasteiger partial charge in [0.15, 0.2) is 17.6 Å². The fraction of sp³-hybridized carbons (Fsp3) is 0.368. The van der Waals surface area contributed by atoms with Crippen molar-refractivity contribution < 1.29 is 14.2 Å². The minimum absolute atomic E-state index is 0.0270. The smallest absolute Gasteiger partial charge is 0.162 e. The molecule has 1 N–H and O–H groups in total. The molecule has 3 rings (SSSR count). The van der Waals surface area contributed by atoms with Crippen LogP contribution in [-0.2, 0) is 4.74 Å². The van der Waals surface area contributed by atoms with Crippen molar-refractivity contribution in [3.63, 3.8) is 0 Å². The van der Waals surface area contributed by atoms with Crippen LogP contribution in [0.15, 0.2) is 54.6 Å². The van der Waals surface area contributed by atoms with Gasteiger partial charge in [-0.1, -0.05) is 42.5 Å². The quantitative estimate of drug-likeness (QED) is 0.889. The molecule has 0 saturated carbocycles. The van der Waals surface area contributed by atoms with E-state index in [1.54, 1.807) is 0 Å². The van der Waals surface area contributed by atoms with Crippen LogP contribution in [-0.4, -0.2) is 32.4 Å². The fourth-order valence-electron chi connectivity index (χ4n) is 2.74. The molecule has 1 unspecified atom stereocenters. The number of hydrogen-bond donors (Lipinski definition) is 1. The van der Waals surface area contributed by atoms with E-state index < -0.39 is 0 Å². The molecule has 1 heterocycles. The Morgan fingerprint density at radius 1 is 1.09 bits per heavy atom. The number of morpholine rings is 1. The highest BCUT2D eigenvalue weighted by atomic mass is 16.6. The SMILES string of the molecule is CCOc1ccccc1O[C@@H](c1ccccc1)C1CNCCO1. The van der Waals surface area contributed by atoms with Crippen LogP contribution in [0, 0.1) is 0 Å². The van der Waals surface area contributed by atoms with Crippen LogP contribution in [0.1, 0.15) is 18.6 Å². The van der Waals surface area contributed by atoms with Crippen molar-refractivity contribution in [2.75, 3.05) is 26.3 Å². The second-order valence-corrected chi connectivity index (χ2v) is 5.44. The number of para-hydroxylation sites is 2. The molecule has 4 nitrogen and oxygen atoms in total. The average molecular weight is 313 g/mol. The summed E-state index contributed by atoms with van der Waals surface area (Å²) in [7, 11) is 0. The summed E-state index contributed by atoms with van der Waals surface area (Å²) in [6.07, 6.45) is -0.202. The Bertz CT molecular complexity index is 597. The standard InChI is InChI=1S/C19H23NO3/c1-2-21-16-10-6-7-11-17(16)23-19(15-8-4-3-5-9-15)18-14-20-12-13-22-18/h3-11,18-20H,2,12-14H2,1H3/t18?,19-/m0/s1. The predicted octanol–water partition coefficient (Wildman–Crippen LogP) is 3.19. The van der Waals surface area contributed by atoms with Gasteiger partial charge in [-0.2, -0.15) is 0 Å². The lowest BCUT2D eigenvalue weighted by molar-refractivity contribution is -0.0439. The van der Waals surface area contributed by atoms with Gasteiger partial charge in [0.25, 0.3) is 0 Å². The molecule has 1 fully saturated rings. The molecule has 4 heteroatoms. The first kappa shape index (κ1) is 15.8. The Morgan fingerprint density at radius 2 is 1.83 bits per heavy atom. The van der Waals surface area contributed by atoms with Crippen molar-refractivity contribution >= 4 is 0 Å². The first-order valence-electron chi connectivity index (χ1n) is 8.14. The maximum atomic E-state index is 6.33. The summed E-state index contributed by atoms with van der Waals surface area (Å²) in [5.41, 5.74) is 1.10. The molecule has 122 valence electrons. The largest absolute Gasteiger partial charge is 0.490 e. The lowest BCUT2D eigenvalue weighted by Gasteiger charge is -2.32. The van der Waals surface area contributed by atoms with Gasteiger partial charge in [0.1, 0.15) is 6.10 Å². The van der Waals surface area contributed by atoms with E-state index in [1.807, 2.05) is 49.4 Å². The van der Waals surface area contributed by atoms with Crippen molar-refractivity contribution in [1.29, 1.82) is 0 Å². The molecular formula is C19H23NO3. The van der Waals surface area contributed by atoms with Gasteiger partial charge in [0.2, 0.25) is 0 Å². The molecule has 0 aromatic heterocycles. The Balaban J connectivity index is 1.86. The van der Waals surface area contributed by atoms with Crippen LogP contribution >= 0.6 is 0 Å². The molecule has 23 heavy (non-hydrogen) atoms. The van der Waals surface area contributed by atoms with Crippen LogP contribution in [0.3, 0.4) is 0 Å². The second kappa shape index (κ2) is 7.99. The molecule has 2 aromatic carbocycles. The van der Waals surface area contributed by atoms with E-state index >= 15 is 0 Å². The number of rotatable bonds is 6. The lowest BCUT2D eigenvalue weighted by atomic mass is 10.0. The third-order valence-electron chi connectivity index (χ3n) is 3.83. The summed E-state index contributed by atoms with van der Waals surface area (Å²) >= 11 is 0. The zero-order valence-corrected chi connectivity index (χ0v) is 13.4. The molecule has 0 spiro atoms. The van der Waals surface area contributed by atoms with Crippen molar-refractivity contribution in [1.82, 2.24) is 5.32 Å². The Labute approximate surface area is 137 Å². The van der Waals surface area contributed by atoms with Crippen molar-refractivity contribution in [2.45, 2.75) is 19.1 Å². The summed E-state index contributed by atoms with van der Waals surface area (Å²) in [6, 6.07) is 18.0. The Kier molecular flexibility index (Phi) is 5.51. The number of hydrogen-bond acceptors (Lipinski definition) is 4. The first-order valence-corrected chi connectivity index (χ1v) is 8.14. The van der Waals surface area contributed by atoms with Gasteiger partial charge in [-0.25, -0.2) is 0 Å². The van der Waals surface area contributed by atoms with Crippen LogP contribution in [0.5, 0.6) is 11.5 Å². The molecule has 0 bridgehead atoms. The van der Waals surface area contributed by atoms with Gasteiger partial charge >= 0.3 is 0 Å². The minimum atomic E-state index is -0.175. The minimum Gasteiger partial charge on any atom is -0.490 e. The van der Waals surface area contributed by atoms with Gasteiger partial charge in [0, 0.05) is 13.1 Å². The van der Waals surface area contributed by atoms with Gasteiger partial charge < -0.3 is 19.5 Å². The third-order valence-corrected chi connectivity index (χ3v) is 3.83. The monoisotopic (exact) mass is 313 g/mol. The van der Waals surface area contributed by atoms with Gasteiger partial charge in [-0.15, -0.1) is 0 Å². The zero-order valence-electron chi connectivity index (χ0n) is 13.4. The maximum Gasteiger partial charge on any atom is 0.162 e. The van der Waals surface area contributed by atoms with E-state index in [1.165, 1.54) is 0 Å². The van der Waals surface area contributed by atoms with E-state index in [2.05, 4.69) is 17.4 Å². The summed E-state index contributed by atoms with van der Waals surface area (Å²) in [4.78, 5) is 0. The molecule has 2 atom stereocenters. The Hall–Kier alpha value is -2.04. The van der Waals surface area contributed by atoms with Crippen LogP contribution in [0.25, 0.3) is 0 Å². The van der Waals surface area contributed by atoms with Gasteiger partial charge in [-0.05, 0) is 24.6 Å². The highest BCUT2D eigenvalue weighted by Crippen LogP contribution is 2.33. The highest BCUT2D eigenvalue weighted by molar-refractivity contribution is 5.40. The topological polar surface area (TPSA) is 39.7 Å². The van der Waals surface area contributed by atoms with Gasteiger partial charge in [-0.3, -0.25) is 0 Å².